The van der Waals surface area contributed by atoms with Gasteiger partial charge in [0.15, 0.2) is 0 Å². The summed E-state index contributed by atoms with van der Waals surface area (Å²) in [6.45, 7) is 10.4. The van der Waals surface area contributed by atoms with Gasteiger partial charge in [0.2, 0.25) is 0 Å². The average Bonchev–Trinajstić information content (AvgIpc) is 2.26. The minimum absolute atomic E-state index is 0.0368. The molecule has 0 bridgehead atoms. The highest BCUT2D eigenvalue weighted by atomic mass is 35.5. The molecule has 3 heteroatoms. The summed E-state index contributed by atoms with van der Waals surface area (Å²) in [5.74, 6) is -0.0368. The second-order valence-electron chi connectivity index (χ2n) is 6.22. The standard InChI is InChI=1S/C16H24ClNO/c1-11(17)10-12(2)18-15(19)13-6-8-14(9-7-13)16(3,4)5/h6-9,11-12H,10H2,1-5H3,(H,18,19). The number of hydrogen-bond donors (Lipinski definition) is 1. The zero-order valence-electron chi connectivity index (χ0n) is 12.5. The van der Waals surface area contributed by atoms with E-state index in [1.807, 2.05) is 38.1 Å². The van der Waals surface area contributed by atoms with Crippen LogP contribution in [-0.4, -0.2) is 17.3 Å². The van der Waals surface area contributed by atoms with Gasteiger partial charge in [-0.25, -0.2) is 0 Å². The van der Waals surface area contributed by atoms with Gasteiger partial charge in [-0.2, -0.15) is 0 Å². The van der Waals surface area contributed by atoms with Crippen molar-refractivity contribution in [3.63, 3.8) is 0 Å². The van der Waals surface area contributed by atoms with E-state index in [1.165, 1.54) is 5.56 Å². The van der Waals surface area contributed by atoms with E-state index < -0.39 is 0 Å². The molecule has 0 spiro atoms. The second kappa shape index (κ2) is 6.42. The maximum absolute atomic E-state index is 12.0. The van der Waals surface area contributed by atoms with Crippen molar-refractivity contribution in [2.75, 3.05) is 0 Å². The van der Waals surface area contributed by atoms with E-state index in [1.54, 1.807) is 0 Å². The smallest absolute Gasteiger partial charge is 0.251 e. The van der Waals surface area contributed by atoms with Crippen LogP contribution >= 0.6 is 11.6 Å². The van der Waals surface area contributed by atoms with E-state index in [2.05, 4.69) is 26.1 Å². The van der Waals surface area contributed by atoms with Crippen molar-refractivity contribution >= 4 is 17.5 Å². The minimum atomic E-state index is -0.0368. The van der Waals surface area contributed by atoms with Gasteiger partial charge in [0.05, 0.1) is 0 Å². The third-order valence-corrected chi connectivity index (χ3v) is 3.25. The molecule has 2 unspecified atom stereocenters. The number of rotatable bonds is 4. The Labute approximate surface area is 121 Å². The van der Waals surface area contributed by atoms with Gasteiger partial charge in [-0.15, -0.1) is 11.6 Å². The molecule has 2 atom stereocenters. The van der Waals surface area contributed by atoms with Crippen LogP contribution in [0.15, 0.2) is 24.3 Å². The predicted molar refractivity (Wildman–Crippen MR) is 82.0 cm³/mol. The van der Waals surface area contributed by atoms with Crippen molar-refractivity contribution < 1.29 is 4.79 Å². The van der Waals surface area contributed by atoms with Crippen molar-refractivity contribution in [2.45, 2.75) is 57.9 Å². The van der Waals surface area contributed by atoms with E-state index >= 15 is 0 Å². The van der Waals surface area contributed by atoms with E-state index in [0.717, 1.165) is 6.42 Å². The first-order chi connectivity index (χ1) is 8.70. The number of carbonyl (C=O) groups is 1. The highest BCUT2D eigenvalue weighted by Gasteiger charge is 2.15. The Balaban J connectivity index is 2.68. The molecular formula is C16H24ClNO. The summed E-state index contributed by atoms with van der Waals surface area (Å²) >= 11 is 5.92. The molecule has 0 aliphatic rings. The normalized spacial score (nSPS) is 14.8. The topological polar surface area (TPSA) is 29.1 Å². The number of benzene rings is 1. The van der Waals surface area contributed by atoms with Crippen molar-refractivity contribution in [1.29, 1.82) is 0 Å². The summed E-state index contributed by atoms with van der Waals surface area (Å²) in [5.41, 5.74) is 2.03. The first kappa shape index (κ1) is 16.0. The first-order valence-corrected chi connectivity index (χ1v) is 7.19. The lowest BCUT2D eigenvalue weighted by atomic mass is 9.86. The predicted octanol–water partition coefficient (Wildman–Crippen LogP) is 4.12. The van der Waals surface area contributed by atoms with Gasteiger partial charge < -0.3 is 5.32 Å². The molecule has 0 saturated heterocycles. The second-order valence-corrected chi connectivity index (χ2v) is 6.96. The van der Waals surface area contributed by atoms with Crippen LogP contribution in [-0.2, 0) is 5.41 Å². The summed E-state index contributed by atoms with van der Waals surface area (Å²) in [4.78, 5) is 12.0. The van der Waals surface area contributed by atoms with Crippen molar-refractivity contribution in [1.82, 2.24) is 5.32 Å². The molecule has 2 nitrogen and oxygen atoms in total. The molecule has 0 aliphatic carbocycles. The van der Waals surface area contributed by atoms with Crippen molar-refractivity contribution in [2.24, 2.45) is 0 Å². The van der Waals surface area contributed by atoms with Gasteiger partial charge in [0.1, 0.15) is 0 Å². The number of amides is 1. The molecule has 0 heterocycles. The van der Waals surface area contributed by atoms with Gasteiger partial charge in [0, 0.05) is 17.0 Å². The monoisotopic (exact) mass is 281 g/mol. The SMILES string of the molecule is CC(Cl)CC(C)NC(=O)c1ccc(C(C)(C)C)cc1. The van der Waals surface area contributed by atoms with E-state index in [-0.39, 0.29) is 22.7 Å². The lowest BCUT2D eigenvalue weighted by Crippen LogP contribution is -2.33. The fourth-order valence-electron chi connectivity index (χ4n) is 1.97. The molecule has 0 fully saturated rings. The maximum atomic E-state index is 12.0. The van der Waals surface area contributed by atoms with Crippen LogP contribution in [0, 0.1) is 0 Å². The fourth-order valence-corrected chi connectivity index (χ4v) is 2.24. The van der Waals surface area contributed by atoms with Crippen LogP contribution < -0.4 is 5.32 Å². The van der Waals surface area contributed by atoms with Crippen LogP contribution in [0.5, 0.6) is 0 Å². The van der Waals surface area contributed by atoms with Crippen molar-refractivity contribution in [3.05, 3.63) is 35.4 Å². The lowest BCUT2D eigenvalue weighted by molar-refractivity contribution is 0.0938. The van der Waals surface area contributed by atoms with Crippen LogP contribution in [0.4, 0.5) is 0 Å². The van der Waals surface area contributed by atoms with Crippen LogP contribution in [0.3, 0.4) is 0 Å². The molecule has 1 amide bonds. The van der Waals surface area contributed by atoms with Crippen molar-refractivity contribution in [3.8, 4) is 0 Å². The molecule has 0 saturated carbocycles. The number of nitrogens with one attached hydrogen (secondary N) is 1. The Kier molecular flexibility index (Phi) is 5.42. The highest BCUT2D eigenvalue weighted by molar-refractivity contribution is 6.20. The summed E-state index contributed by atoms with van der Waals surface area (Å²) in [5, 5.41) is 3.03. The maximum Gasteiger partial charge on any atom is 0.251 e. The van der Waals surface area contributed by atoms with E-state index in [9.17, 15) is 4.79 Å². The van der Waals surface area contributed by atoms with Gasteiger partial charge in [-0.3, -0.25) is 4.79 Å². The van der Waals surface area contributed by atoms with Gasteiger partial charge in [-0.1, -0.05) is 32.9 Å². The molecular weight excluding hydrogens is 258 g/mol. The zero-order valence-corrected chi connectivity index (χ0v) is 13.2. The molecule has 0 aliphatic heterocycles. The molecule has 0 radical (unpaired) electrons. The number of alkyl halides is 1. The first-order valence-electron chi connectivity index (χ1n) is 6.75. The number of halogens is 1. The Morgan fingerprint density at radius 2 is 1.74 bits per heavy atom. The molecule has 1 aromatic carbocycles. The van der Waals surface area contributed by atoms with E-state index in [0.29, 0.717) is 5.56 Å². The minimum Gasteiger partial charge on any atom is -0.350 e. The fraction of sp³-hybridized carbons (Fsp3) is 0.562. The largest absolute Gasteiger partial charge is 0.350 e. The average molecular weight is 282 g/mol. The van der Waals surface area contributed by atoms with Crippen LogP contribution in [0.1, 0.15) is 57.0 Å². The molecule has 0 aromatic heterocycles. The summed E-state index contributed by atoms with van der Waals surface area (Å²) < 4.78 is 0. The third kappa shape index (κ3) is 5.23. The van der Waals surface area contributed by atoms with Crippen LogP contribution in [0.2, 0.25) is 0 Å². The Bertz CT molecular complexity index is 417. The summed E-state index contributed by atoms with van der Waals surface area (Å²) in [6.07, 6.45) is 0.771. The Morgan fingerprint density at radius 1 is 1.21 bits per heavy atom. The van der Waals surface area contributed by atoms with E-state index in [4.69, 9.17) is 11.6 Å². The molecule has 19 heavy (non-hydrogen) atoms. The molecule has 106 valence electrons. The number of hydrogen-bond acceptors (Lipinski definition) is 1. The quantitative estimate of drug-likeness (QED) is 0.827. The molecule has 1 aromatic rings. The van der Waals surface area contributed by atoms with Gasteiger partial charge >= 0.3 is 0 Å². The molecule has 1 N–H and O–H groups in total. The molecule has 1 rings (SSSR count). The van der Waals surface area contributed by atoms with Gasteiger partial charge in [-0.05, 0) is 43.4 Å². The Morgan fingerprint density at radius 3 is 2.16 bits per heavy atom. The lowest BCUT2D eigenvalue weighted by Gasteiger charge is -2.19. The Hall–Kier alpha value is -1.02. The third-order valence-electron chi connectivity index (χ3n) is 3.07. The summed E-state index contributed by atoms with van der Waals surface area (Å²) in [7, 11) is 0. The van der Waals surface area contributed by atoms with Gasteiger partial charge in [0.25, 0.3) is 5.91 Å². The van der Waals surface area contributed by atoms with Crippen LogP contribution in [0.25, 0.3) is 0 Å². The summed E-state index contributed by atoms with van der Waals surface area (Å²) in [6, 6.07) is 7.88. The number of carbonyl (C=O) groups excluding carboxylic acids is 1. The zero-order chi connectivity index (χ0) is 14.6. The highest BCUT2D eigenvalue weighted by Crippen LogP contribution is 2.22.